The molecule has 0 saturated heterocycles. The van der Waals surface area contributed by atoms with Crippen molar-refractivity contribution in [3.8, 4) is 0 Å². The molecule has 0 saturated carbocycles. The van der Waals surface area contributed by atoms with Gasteiger partial charge in [0.2, 0.25) is 0 Å². The molecule has 0 radical (unpaired) electrons. The van der Waals surface area contributed by atoms with Crippen molar-refractivity contribution < 1.29 is 15.1 Å². The van der Waals surface area contributed by atoms with Crippen molar-refractivity contribution in [1.82, 2.24) is 4.73 Å². The maximum absolute atomic E-state index is 10.7. The van der Waals surface area contributed by atoms with Crippen LogP contribution in [0, 0.1) is 19.3 Å². The highest BCUT2D eigenvalue weighted by Crippen LogP contribution is 2.04. The number of aromatic carboxylic acids is 1. The highest BCUT2D eigenvalue weighted by Gasteiger charge is 2.12. The first-order chi connectivity index (χ1) is 5.95. The van der Waals surface area contributed by atoms with Crippen molar-refractivity contribution in [3.63, 3.8) is 0 Å². The number of aryl methyl sites for hydroxylation is 2. The Morgan fingerprint density at radius 1 is 1.54 bits per heavy atom. The van der Waals surface area contributed by atoms with Crippen LogP contribution >= 0.6 is 0 Å². The van der Waals surface area contributed by atoms with Gasteiger partial charge in [0.15, 0.2) is 5.49 Å². The van der Waals surface area contributed by atoms with Crippen LogP contribution in [0.1, 0.15) is 21.6 Å². The van der Waals surface area contributed by atoms with Gasteiger partial charge in [-0.3, -0.25) is 5.41 Å². The van der Waals surface area contributed by atoms with Crippen molar-refractivity contribution in [2.24, 2.45) is 0 Å². The molecule has 0 bridgehead atoms. The summed E-state index contributed by atoms with van der Waals surface area (Å²) >= 11 is 0. The summed E-state index contributed by atoms with van der Waals surface area (Å²) in [6.07, 6.45) is 0. The van der Waals surface area contributed by atoms with Crippen molar-refractivity contribution in [1.29, 1.82) is 5.41 Å². The number of hydrogen-bond acceptors (Lipinski definition) is 3. The molecule has 0 amide bonds. The molecule has 1 aromatic heterocycles. The Kier molecular flexibility index (Phi) is 2.10. The SMILES string of the molecule is Cc1cc(C)n(O)c(=N)c1C(=O)O. The third-order valence-electron chi connectivity index (χ3n) is 1.82. The van der Waals surface area contributed by atoms with Gasteiger partial charge in [-0.1, -0.05) is 0 Å². The third kappa shape index (κ3) is 1.40. The lowest BCUT2D eigenvalue weighted by molar-refractivity contribution is 0.0684. The van der Waals surface area contributed by atoms with Crippen molar-refractivity contribution >= 4 is 5.97 Å². The Bertz CT molecular complexity index is 420. The largest absolute Gasteiger partial charge is 0.478 e. The van der Waals surface area contributed by atoms with Crippen LogP contribution in [0.15, 0.2) is 6.07 Å². The van der Waals surface area contributed by atoms with Crippen molar-refractivity contribution in [2.75, 3.05) is 0 Å². The third-order valence-corrected chi connectivity index (χ3v) is 1.82. The highest BCUT2D eigenvalue weighted by molar-refractivity contribution is 5.88. The average molecular weight is 182 g/mol. The Labute approximate surface area is 74.3 Å². The minimum Gasteiger partial charge on any atom is -0.478 e. The first-order valence-corrected chi connectivity index (χ1v) is 3.65. The van der Waals surface area contributed by atoms with Crippen molar-refractivity contribution in [2.45, 2.75) is 13.8 Å². The van der Waals surface area contributed by atoms with Crippen LogP contribution in [-0.4, -0.2) is 21.0 Å². The molecule has 0 aliphatic rings. The molecule has 70 valence electrons. The number of rotatable bonds is 1. The Morgan fingerprint density at radius 3 is 2.54 bits per heavy atom. The summed E-state index contributed by atoms with van der Waals surface area (Å²) in [4.78, 5) is 10.7. The molecule has 3 N–H and O–H groups in total. The lowest BCUT2D eigenvalue weighted by atomic mass is 10.1. The Balaban J connectivity index is 3.63. The van der Waals surface area contributed by atoms with E-state index in [1.165, 1.54) is 6.07 Å². The first kappa shape index (κ1) is 9.31. The molecular formula is C8H10N2O3. The zero-order valence-electron chi connectivity index (χ0n) is 7.33. The van der Waals surface area contributed by atoms with E-state index in [-0.39, 0.29) is 5.56 Å². The highest BCUT2D eigenvalue weighted by atomic mass is 16.5. The smallest absolute Gasteiger partial charge is 0.339 e. The van der Waals surface area contributed by atoms with E-state index in [9.17, 15) is 10.0 Å². The summed E-state index contributed by atoms with van der Waals surface area (Å²) in [5, 5.41) is 25.3. The molecule has 1 rings (SSSR count). The van der Waals surface area contributed by atoms with Crippen LogP contribution < -0.4 is 5.49 Å². The summed E-state index contributed by atoms with van der Waals surface area (Å²) in [5.41, 5.74) is 0.339. The molecule has 5 nitrogen and oxygen atoms in total. The normalized spacial score (nSPS) is 10.0. The fraction of sp³-hybridized carbons (Fsp3) is 0.250. The van der Waals surface area contributed by atoms with Gasteiger partial charge < -0.3 is 10.3 Å². The molecule has 0 aliphatic carbocycles. The maximum atomic E-state index is 10.7. The number of nitrogens with zero attached hydrogens (tertiary/aromatic N) is 1. The summed E-state index contributed by atoms with van der Waals surface area (Å²) < 4.78 is 0.552. The molecule has 0 aromatic carbocycles. The van der Waals surface area contributed by atoms with E-state index in [0.29, 0.717) is 16.0 Å². The predicted molar refractivity (Wildman–Crippen MR) is 43.9 cm³/mol. The Morgan fingerprint density at radius 2 is 2.08 bits per heavy atom. The summed E-state index contributed by atoms with van der Waals surface area (Å²) in [7, 11) is 0. The summed E-state index contributed by atoms with van der Waals surface area (Å²) in [5.74, 6) is -1.20. The topological polar surface area (TPSA) is 86.3 Å². The Hall–Kier alpha value is -1.78. The predicted octanol–water partition coefficient (Wildman–Crippen LogP) is 0.520. The van der Waals surface area contributed by atoms with Gasteiger partial charge in [-0.15, -0.1) is 0 Å². The standard InChI is InChI=1S/C8H10N2O3/c1-4-3-5(2)10(13)7(9)6(4)8(11)12/h3,9,13H,1-2H3,(H,11,12). The number of carboxylic acid groups (broad SMARTS) is 1. The minimum atomic E-state index is -1.20. The number of hydrogen-bond donors (Lipinski definition) is 3. The zero-order valence-corrected chi connectivity index (χ0v) is 7.33. The molecule has 0 unspecified atom stereocenters. The van der Waals surface area contributed by atoms with Crippen LogP contribution in [0.2, 0.25) is 0 Å². The van der Waals surface area contributed by atoms with Crippen LogP contribution in [0.5, 0.6) is 0 Å². The second-order valence-corrected chi connectivity index (χ2v) is 2.81. The van der Waals surface area contributed by atoms with E-state index < -0.39 is 11.5 Å². The second-order valence-electron chi connectivity index (χ2n) is 2.81. The fourth-order valence-electron chi connectivity index (χ4n) is 1.19. The van der Waals surface area contributed by atoms with Gasteiger partial charge in [-0.25, -0.2) is 4.79 Å². The number of aromatic nitrogens is 1. The molecular weight excluding hydrogens is 172 g/mol. The van der Waals surface area contributed by atoms with Crippen LogP contribution in [0.4, 0.5) is 0 Å². The molecule has 0 spiro atoms. The minimum absolute atomic E-state index is 0.173. The molecule has 0 aliphatic heterocycles. The molecule has 0 atom stereocenters. The summed E-state index contributed by atoms with van der Waals surface area (Å²) in [6.45, 7) is 3.19. The van der Waals surface area contributed by atoms with E-state index >= 15 is 0 Å². The van der Waals surface area contributed by atoms with E-state index in [4.69, 9.17) is 10.5 Å². The average Bonchev–Trinajstić information content (AvgIpc) is 1.99. The number of pyridine rings is 1. The molecule has 5 heteroatoms. The zero-order chi connectivity index (χ0) is 10.2. The van der Waals surface area contributed by atoms with Gasteiger partial charge in [-0.05, 0) is 25.5 Å². The van der Waals surface area contributed by atoms with Crippen LogP contribution in [0.3, 0.4) is 0 Å². The van der Waals surface area contributed by atoms with Gasteiger partial charge in [-0.2, -0.15) is 4.73 Å². The number of nitrogens with one attached hydrogen (secondary N) is 1. The van der Waals surface area contributed by atoms with E-state index in [1.807, 2.05) is 0 Å². The van der Waals surface area contributed by atoms with Crippen molar-refractivity contribution in [3.05, 3.63) is 28.4 Å². The van der Waals surface area contributed by atoms with E-state index in [1.54, 1.807) is 13.8 Å². The lowest BCUT2D eigenvalue weighted by Crippen LogP contribution is -2.27. The van der Waals surface area contributed by atoms with Gasteiger partial charge >= 0.3 is 5.97 Å². The molecule has 0 fully saturated rings. The van der Waals surface area contributed by atoms with E-state index in [0.717, 1.165) is 0 Å². The lowest BCUT2D eigenvalue weighted by Gasteiger charge is -2.07. The van der Waals surface area contributed by atoms with Crippen LogP contribution in [0.25, 0.3) is 0 Å². The second kappa shape index (κ2) is 2.93. The van der Waals surface area contributed by atoms with Gasteiger partial charge in [0.05, 0.1) is 5.69 Å². The first-order valence-electron chi connectivity index (χ1n) is 3.65. The fourth-order valence-corrected chi connectivity index (χ4v) is 1.19. The number of carboxylic acids is 1. The molecule has 1 aromatic rings. The molecule has 13 heavy (non-hydrogen) atoms. The van der Waals surface area contributed by atoms with Gasteiger partial charge in [0.25, 0.3) is 0 Å². The maximum Gasteiger partial charge on any atom is 0.339 e. The van der Waals surface area contributed by atoms with E-state index in [2.05, 4.69) is 0 Å². The number of carbonyl (C=O) groups is 1. The molecule has 1 heterocycles. The summed E-state index contributed by atoms with van der Waals surface area (Å²) in [6, 6.07) is 1.52. The monoisotopic (exact) mass is 182 g/mol. The van der Waals surface area contributed by atoms with Crippen LogP contribution in [-0.2, 0) is 0 Å². The quantitative estimate of drug-likeness (QED) is 0.553. The van der Waals surface area contributed by atoms with Gasteiger partial charge in [0, 0.05) is 0 Å². The van der Waals surface area contributed by atoms with Gasteiger partial charge in [0.1, 0.15) is 5.56 Å².